The van der Waals surface area contributed by atoms with Crippen molar-refractivity contribution < 1.29 is 14.3 Å². The highest BCUT2D eigenvalue weighted by molar-refractivity contribution is 5.93. The standard InChI is InChI=1S/C32H44N6O3/c1-22-16-23(11-12-24(22)17-34-29(39)25-18-35-38(20-25)31(2,3)4)27-13-14-33-19-28(27)37-15-9-10-26(21-37)36(8)30(40)41-32(5,6)7/h11-14,16,18-20,26H,9-10,15,17,21H2,1-8H3,(H,34,39). The van der Waals surface area contributed by atoms with Crippen molar-refractivity contribution in [2.45, 2.75) is 85.0 Å². The maximum absolute atomic E-state index is 12.8. The van der Waals surface area contributed by atoms with Crippen LogP contribution in [0, 0.1) is 6.92 Å². The molecular weight excluding hydrogens is 516 g/mol. The lowest BCUT2D eigenvalue weighted by Crippen LogP contribution is -2.50. The summed E-state index contributed by atoms with van der Waals surface area (Å²) in [6.07, 6.45) is 8.72. The molecule has 3 aromatic rings. The summed E-state index contributed by atoms with van der Waals surface area (Å²) in [5, 5.41) is 7.36. The van der Waals surface area contributed by atoms with E-state index >= 15 is 0 Å². The second-order valence-corrected chi connectivity index (χ2v) is 12.9. The maximum atomic E-state index is 12.8. The van der Waals surface area contributed by atoms with E-state index in [4.69, 9.17) is 4.74 Å². The van der Waals surface area contributed by atoms with Gasteiger partial charge in [-0.25, -0.2) is 4.79 Å². The highest BCUT2D eigenvalue weighted by atomic mass is 16.6. The number of rotatable bonds is 6. The molecule has 1 saturated heterocycles. The molecule has 0 bridgehead atoms. The lowest BCUT2D eigenvalue weighted by molar-refractivity contribution is 0.0209. The summed E-state index contributed by atoms with van der Waals surface area (Å²) in [5.74, 6) is -0.142. The lowest BCUT2D eigenvalue weighted by Gasteiger charge is -2.39. The van der Waals surface area contributed by atoms with Gasteiger partial charge in [0, 0.05) is 44.6 Å². The van der Waals surface area contributed by atoms with E-state index in [2.05, 4.69) is 45.4 Å². The number of aromatic nitrogens is 3. The van der Waals surface area contributed by atoms with E-state index in [-0.39, 0.29) is 23.6 Å². The summed E-state index contributed by atoms with van der Waals surface area (Å²) >= 11 is 0. The molecular formula is C32H44N6O3. The first kappa shape index (κ1) is 30.1. The smallest absolute Gasteiger partial charge is 0.410 e. The third-order valence-electron chi connectivity index (χ3n) is 7.39. The SMILES string of the molecule is Cc1cc(-c2ccncc2N2CCCC(N(C)C(=O)OC(C)(C)C)C2)ccc1CNC(=O)c1cnn(C(C)(C)C)c1. The van der Waals surface area contributed by atoms with Crippen LogP contribution in [0.3, 0.4) is 0 Å². The third kappa shape index (κ3) is 7.45. The van der Waals surface area contributed by atoms with E-state index in [0.29, 0.717) is 18.7 Å². The van der Waals surface area contributed by atoms with Crippen LogP contribution in [-0.2, 0) is 16.8 Å². The Hall–Kier alpha value is -3.88. The van der Waals surface area contributed by atoms with Crippen LogP contribution in [0.4, 0.5) is 10.5 Å². The van der Waals surface area contributed by atoms with Crippen molar-refractivity contribution in [3.05, 3.63) is 65.7 Å². The Bertz CT molecular complexity index is 1380. The molecule has 1 aliphatic heterocycles. The van der Waals surface area contributed by atoms with Crippen LogP contribution in [0.1, 0.15) is 75.9 Å². The minimum atomic E-state index is -0.529. The normalized spacial score (nSPS) is 15.9. The predicted octanol–water partition coefficient (Wildman–Crippen LogP) is 5.77. The summed E-state index contributed by atoms with van der Waals surface area (Å²) in [7, 11) is 1.82. The molecule has 2 aromatic heterocycles. The summed E-state index contributed by atoms with van der Waals surface area (Å²) in [6, 6.07) is 8.42. The number of likely N-dealkylation sites (N-methyl/N-ethyl adjacent to an activating group) is 1. The average Bonchev–Trinajstić information content (AvgIpc) is 3.42. The number of benzene rings is 1. The fourth-order valence-corrected chi connectivity index (χ4v) is 5.00. The molecule has 1 aromatic carbocycles. The third-order valence-corrected chi connectivity index (χ3v) is 7.39. The van der Waals surface area contributed by atoms with Crippen LogP contribution in [0.2, 0.25) is 0 Å². The summed E-state index contributed by atoms with van der Waals surface area (Å²) < 4.78 is 7.41. The summed E-state index contributed by atoms with van der Waals surface area (Å²) in [4.78, 5) is 34.0. The minimum absolute atomic E-state index is 0.0508. The number of ether oxygens (including phenoxy) is 1. The van der Waals surface area contributed by atoms with E-state index in [1.54, 1.807) is 22.0 Å². The Labute approximate surface area is 243 Å². The van der Waals surface area contributed by atoms with Gasteiger partial charge in [-0.1, -0.05) is 18.2 Å². The minimum Gasteiger partial charge on any atom is -0.444 e. The Morgan fingerprint density at radius 2 is 1.88 bits per heavy atom. The highest BCUT2D eigenvalue weighted by Crippen LogP contribution is 2.33. The van der Waals surface area contributed by atoms with Crippen molar-refractivity contribution in [2.24, 2.45) is 0 Å². The van der Waals surface area contributed by atoms with Crippen LogP contribution < -0.4 is 10.2 Å². The molecule has 9 nitrogen and oxygen atoms in total. The van der Waals surface area contributed by atoms with Gasteiger partial charge in [0.1, 0.15) is 5.60 Å². The summed E-state index contributed by atoms with van der Waals surface area (Å²) in [6.45, 7) is 15.9. The first-order valence-corrected chi connectivity index (χ1v) is 14.3. The van der Waals surface area contributed by atoms with Crippen LogP contribution in [0.5, 0.6) is 0 Å². The molecule has 1 atom stereocenters. The molecule has 0 saturated carbocycles. The molecule has 1 aliphatic rings. The van der Waals surface area contributed by atoms with Crippen molar-refractivity contribution in [3.8, 4) is 11.1 Å². The monoisotopic (exact) mass is 560 g/mol. The molecule has 0 aliphatic carbocycles. The quantitative estimate of drug-likeness (QED) is 0.411. The van der Waals surface area contributed by atoms with Gasteiger partial charge in [0.2, 0.25) is 0 Å². The molecule has 41 heavy (non-hydrogen) atoms. The molecule has 1 N–H and O–H groups in total. The second-order valence-electron chi connectivity index (χ2n) is 12.9. The number of nitrogens with one attached hydrogen (secondary N) is 1. The Morgan fingerprint density at radius 3 is 2.54 bits per heavy atom. The van der Waals surface area contributed by atoms with Crippen molar-refractivity contribution in [1.82, 2.24) is 25.0 Å². The topological polar surface area (TPSA) is 92.6 Å². The molecule has 1 fully saturated rings. The van der Waals surface area contributed by atoms with Gasteiger partial charge in [-0.15, -0.1) is 0 Å². The first-order chi connectivity index (χ1) is 19.2. The zero-order valence-electron chi connectivity index (χ0n) is 25.7. The van der Waals surface area contributed by atoms with Gasteiger partial charge in [-0.2, -0.15) is 5.10 Å². The molecule has 9 heteroatoms. The number of carbonyl (C=O) groups excluding carboxylic acids is 2. The Balaban J connectivity index is 1.46. The van der Waals surface area contributed by atoms with Crippen molar-refractivity contribution >= 4 is 17.7 Å². The molecule has 2 amide bonds. The van der Waals surface area contributed by atoms with Crippen LogP contribution in [0.25, 0.3) is 11.1 Å². The van der Waals surface area contributed by atoms with Crippen LogP contribution in [0.15, 0.2) is 49.1 Å². The van der Waals surface area contributed by atoms with E-state index < -0.39 is 5.60 Å². The van der Waals surface area contributed by atoms with Gasteiger partial charge >= 0.3 is 6.09 Å². The Kier molecular flexibility index (Phi) is 8.75. The lowest BCUT2D eigenvalue weighted by atomic mass is 9.97. The van der Waals surface area contributed by atoms with Gasteiger partial charge in [0.15, 0.2) is 0 Å². The number of nitrogens with zero attached hydrogens (tertiary/aromatic N) is 5. The zero-order valence-corrected chi connectivity index (χ0v) is 25.7. The van der Waals surface area contributed by atoms with Crippen LogP contribution >= 0.6 is 0 Å². The molecule has 220 valence electrons. The number of pyridine rings is 1. The zero-order chi connectivity index (χ0) is 29.9. The highest BCUT2D eigenvalue weighted by Gasteiger charge is 2.30. The van der Waals surface area contributed by atoms with Crippen LogP contribution in [-0.4, -0.2) is 63.4 Å². The van der Waals surface area contributed by atoms with E-state index in [0.717, 1.165) is 47.3 Å². The number of carbonyl (C=O) groups is 2. The summed E-state index contributed by atoms with van der Waals surface area (Å²) in [5.41, 5.74) is 5.21. The van der Waals surface area contributed by atoms with E-state index in [1.165, 1.54) is 0 Å². The number of hydrogen-bond donors (Lipinski definition) is 1. The fraction of sp³-hybridized carbons (Fsp3) is 0.500. The van der Waals surface area contributed by atoms with Crippen molar-refractivity contribution in [2.75, 3.05) is 25.0 Å². The van der Waals surface area contributed by atoms with E-state index in [1.807, 2.05) is 67.1 Å². The number of aryl methyl sites for hydroxylation is 1. The van der Waals surface area contributed by atoms with Gasteiger partial charge in [-0.05, 0) is 84.1 Å². The van der Waals surface area contributed by atoms with Crippen molar-refractivity contribution in [1.29, 1.82) is 0 Å². The molecule has 0 radical (unpaired) electrons. The van der Waals surface area contributed by atoms with Gasteiger partial charge in [0.25, 0.3) is 5.91 Å². The number of piperidine rings is 1. The van der Waals surface area contributed by atoms with Gasteiger partial charge < -0.3 is 19.9 Å². The predicted molar refractivity (Wildman–Crippen MR) is 162 cm³/mol. The average molecular weight is 561 g/mol. The maximum Gasteiger partial charge on any atom is 0.410 e. The molecule has 0 spiro atoms. The van der Waals surface area contributed by atoms with Gasteiger partial charge in [0.05, 0.1) is 35.2 Å². The molecule has 3 heterocycles. The molecule has 1 unspecified atom stereocenters. The molecule has 4 rings (SSSR count). The number of hydrogen-bond acceptors (Lipinski definition) is 6. The number of amides is 2. The largest absolute Gasteiger partial charge is 0.444 e. The Morgan fingerprint density at radius 1 is 1.12 bits per heavy atom. The van der Waals surface area contributed by atoms with Gasteiger partial charge in [-0.3, -0.25) is 14.5 Å². The van der Waals surface area contributed by atoms with E-state index in [9.17, 15) is 9.59 Å². The number of anilines is 1. The van der Waals surface area contributed by atoms with Crippen molar-refractivity contribution in [3.63, 3.8) is 0 Å². The first-order valence-electron chi connectivity index (χ1n) is 14.3. The second kappa shape index (κ2) is 11.9. The fourth-order valence-electron chi connectivity index (χ4n) is 5.00.